The van der Waals surface area contributed by atoms with Crippen molar-refractivity contribution >= 4 is 16.9 Å². The van der Waals surface area contributed by atoms with Gasteiger partial charge in [0.1, 0.15) is 11.9 Å². The van der Waals surface area contributed by atoms with Crippen LogP contribution in [0.2, 0.25) is 0 Å². The van der Waals surface area contributed by atoms with Crippen LogP contribution < -0.4 is 0 Å². The van der Waals surface area contributed by atoms with Gasteiger partial charge in [0.2, 0.25) is 0 Å². The Kier molecular flexibility index (Phi) is 4.24. The molecule has 1 amide bonds. The zero-order valence-electron chi connectivity index (χ0n) is 14.1. The van der Waals surface area contributed by atoms with E-state index in [0.29, 0.717) is 12.5 Å². The number of nitrogens with one attached hydrogen (secondary N) is 1. The molecule has 0 radical (unpaired) electrons. The summed E-state index contributed by atoms with van der Waals surface area (Å²) in [5.41, 5.74) is 2.09. The van der Waals surface area contributed by atoms with E-state index in [1.807, 2.05) is 29.2 Å². The van der Waals surface area contributed by atoms with Crippen molar-refractivity contribution in [2.24, 2.45) is 5.92 Å². The first-order valence-electron chi connectivity index (χ1n) is 8.77. The van der Waals surface area contributed by atoms with Crippen molar-refractivity contribution in [2.75, 3.05) is 32.8 Å². The van der Waals surface area contributed by atoms with Crippen LogP contribution in [0, 0.1) is 5.92 Å². The number of rotatable bonds is 3. The minimum absolute atomic E-state index is 0.170. The lowest BCUT2D eigenvalue weighted by atomic mass is 10.0. The quantitative estimate of drug-likeness (QED) is 0.930. The van der Waals surface area contributed by atoms with Crippen molar-refractivity contribution < 1.29 is 9.53 Å². The van der Waals surface area contributed by atoms with Gasteiger partial charge in [0.05, 0.1) is 17.6 Å². The summed E-state index contributed by atoms with van der Waals surface area (Å²) in [6, 6.07) is 8.09. The Morgan fingerprint density at radius 3 is 2.79 bits per heavy atom. The maximum absolute atomic E-state index is 12.6. The van der Waals surface area contributed by atoms with Gasteiger partial charge < -0.3 is 14.6 Å². The van der Waals surface area contributed by atoms with E-state index in [0.717, 1.165) is 56.0 Å². The summed E-state index contributed by atoms with van der Waals surface area (Å²) in [4.78, 5) is 24.9. The molecule has 2 aliphatic heterocycles. The number of benzene rings is 1. The van der Waals surface area contributed by atoms with Crippen LogP contribution in [0.5, 0.6) is 0 Å². The molecule has 0 aliphatic carbocycles. The van der Waals surface area contributed by atoms with Gasteiger partial charge >= 0.3 is 0 Å². The lowest BCUT2D eigenvalue weighted by Crippen LogP contribution is -2.51. The van der Waals surface area contributed by atoms with E-state index < -0.39 is 0 Å². The second-order valence-electron chi connectivity index (χ2n) is 6.86. The van der Waals surface area contributed by atoms with Crippen LogP contribution in [-0.2, 0) is 16.1 Å². The number of aromatic nitrogens is 2. The van der Waals surface area contributed by atoms with Crippen LogP contribution in [-0.4, -0.2) is 64.6 Å². The second-order valence-corrected chi connectivity index (χ2v) is 6.86. The molecule has 2 aromatic rings. The molecule has 0 saturated carbocycles. The number of amides is 1. The summed E-state index contributed by atoms with van der Waals surface area (Å²) in [6.07, 6.45) is 0.759. The SMILES string of the molecule is C[C@@H]1CCO[C@H]1C(=O)N1CCN(Cc2nc3ccccc3[nH]2)CC1. The molecule has 0 unspecified atom stereocenters. The van der Waals surface area contributed by atoms with Gasteiger partial charge in [-0.15, -0.1) is 0 Å². The Labute approximate surface area is 141 Å². The fraction of sp³-hybridized carbons (Fsp3) is 0.556. The van der Waals surface area contributed by atoms with Crippen LogP contribution in [0.15, 0.2) is 24.3 Å². The molecule has 6 nitrogen and oxygen atoms in total. The molecular formula is C18H24N4O2. The van der Waals surface area contributed by atoms with Gasteiger partial charge in [-0.05, 0) is 24.5 Å². The predicted molar refractivity (Wildman–Crippen MR) is 91.5 cm³/mol. The van der Waals surface area contributed by atoms with Crippen molar-refractivity contribution in [3.8, 4) is 0 Å². The summed E-state index contributed by atoms with van der Waals surface area (Å²) in [6.45, 7) is 6.91. The maximum atomic E-state index is 12.6. The smallest absolute Gasteiger partial charge is 0.252 e. The number of aromatic amines is 1. The van der Waals surface area contributed by atoms with Crippen molar-refractivity contribution in [2.45, 2.75) is 26.0 Å². The van der Waals surface area contributed by atoms with Crippen LogP contribution in [0.25, 0.3) is 11.0 Å². The molecule has 4 rings (SSSR count). The minimum Gasteiger partial charge on any atom is -0.368 e. The number of hydrogen-bond acceptors (Lipinski definition) is 4. The molecule has 6 heteroatoms. The molecule has 2 atom stereocenters. The average Bonchev–Trinajstić information content (AvgIpc) is 3.20. The molecule has 1 aromatic heterocycles. The molecule has 2 aliphatic rings. The van der Waals surface area contributed by atoms with E-state index in [1.54, 1.807) is 0 Å². The summed E-state index contributed by atoms with van der Waals surface area (Å²) in [5, 5.41) is 0. The molecule has 1 aromatic carbocycles. The topological polar surface area (TPSA) is 61.5 Å². The largest absolute Gasteiger partial charge is 0.368 e. The van der Waals surface area contributed by atoms with Gasteiger partial charge in [0.15, 0.2) is 0 Å². The van der Waals surface area contributed by atoms with Crippen molar-refractivity contribution in [3.63, 3.8) is 0 Å². The number of imidazole rings is 1. The van der Waals surface area contributed by atoms with Crippen molar-refractivity contribution in [1.82, 2.24) is 19.8 Å². The highest BCUT2D eigenvalue weighted by Crippen LogP contribution is 2.22. The minimum atomic E-state index is -0.230. The molecule has 0 spiro atoms. The van der Waals surface area contributed by atoms with Crippen LogP contribution >= 0.6 is 0 Å². The maximum Gasteiger partial charge on any atom is 0.252 e. The first kappa shape index (κ1) is 15.6. The standard InChI is InChI=1S/C18H24N4O2/c1-13-6-11-24-17(13)18(23)22-9-7-21(8-10-22)12-16-19-14-4-2-3-5-15(14)20-16/h2-5,13,17H,6-12H2,1H3,(H,19,20)/t13-,17-/m1/s1. The summed E-state index contributed by atoms with van der Waals surface area (Å²) in [5.74, 6) is 1.50. The Hall–Kier alpha value is -1.92. The molecule has 1 N–H and O–H groups in total. The van der Waals surface area contributed by atoms with Crippen molar-refractivity contribution in [1.29, 1.82) is 0 Å². The highest BCUT2D eigenvalue weighted by atomic mass is 16.5. The number of fused-ring (bicyclic) bond motifs is 1. The third kappa shape index (κ3) is 3.03. The van der Waals surface area contributed by atoms with Gasteiger partial charge in [-0.2, -0.15) is 0 Å². The van der Waals surface area contributed by atoms with Crippen LogP contribution in [0.4, 0.5) is 0 Å². The number of para-hydroxylation sites is 2. The highest BCUT2D eigenvalue weighted by molar-refractivity contribution is 5.81. The second kappa shape index (κ2) is 6.53. The molecule has 24 heavy (non-hydrogen) atoms. The zero-order valence-corrected chi connectivity index (χ0v) is 14.1. The van der Waals surface area contributed by atoms with Crippen LogP contribution in [0.3, 0.4) is 0 Å². The number of H-pyrrole nitrogens is 1. The average molecular weight is 328 g/mol. The Morgan fingerprint density at radius 2 is 2.08 bits per heavy atom. The third-order valence-electron chi connectivity index (χ3n) is 5.13. The summed E-state index contributed by atoms with van der Waals surface area (Å²) >= 11 is 0. The Morgan fingerprint density at radius 1 is 1.29 bits per heavy atom. The van der Waals surface area contributed by atoms with E-state index in [-0.39, 0.29) is 12.0 Å². The fourth-order valence-electron chi connectivity index (χ4n) is 3.61. The normalized spacial score (nSPS) is 25.5. The van der Waals surface area contributed by atoms with E-state index in [2.05, 4.69) is 21.8 Å². The number of hydrogen-bond donors (Lipinski definition) is 1. The lowest BCUT2D eigenvalue weighted by molar-refractivity contribution is -0.144. The molecule has 3 heterocycles. The van der Waals surface area contributed by atoms with Gasteiger partial charge in [0.25, 0.3) is 5.91 Å². The zero-order chi connectivity index (χ0) is 16.5. The van der Waals surface area contributed by atoms with Gasteiger partial charge in [0, 0.05) is 32.8 Å². The first-order chi connectivity index (χ1) is 11.7. The molecule has 2 saturated heterocycles. The molecule has 0 bridgehead atoms. The molecular weight excluding hydrogens is 304 g/mol. The first-order valence-corrected chi connectivity index (χ1v) is 8.77. The summed E-state index contributed by atoms with van der Waals surface area (Å²) in [7, 11) is 0. The number of nitrogens with zero attached hydrogens (tertiary/aromatic N) is 3. The van der Waals surface area contributed by atoms with Gasteiger partial charge in [-0.25, -0.2) is 4.98 Å². The van der Waals surface area contributed by atoms with E-state index in [4.69, 9.17) is 4.74 Å². The van der Waals surface area contributed by atoms with E-state index in [1.165, 1.54) is 0 Å². The Bertz CT molecular complexity index is 688. The fourth-order valence-corrected chi connectivity index (χ4v) is 3.61. The number of piperazine rings is 1. The highest BCUT2D eigenvalue weighted by Gasteiger charge is 2.35. The predicted octanol–water partition coefficient (Wildman–Crippen LogP) is 1.63. The molecule has 2 fully saturated rings. The van der Waals surface area contributed by atoms with Crippen LogP contribution in [0.1, 0.15) is 19.2 Å². The number of carbonyl (C=O) groups is 1. The van der Waals surface area contributed by atoms with E-state index >= 15 is 0 Å². The van der Waals surface area contributed by atoms with Crippen molar-refractivity contribution in [3.05, 3.63) is 30.1 Å². The van der Waals surface area contributed by atoms with E-state index in [9.17, 15) is 4.79 Å². The van der Waals surface area contributed by atoms with Gasteiger partial charge in [-0.3, -0.25) is 9.69 Å². The summed E-state index contributed by atoms with van der Waals surface area (Å²) < 4.78 is 5.62. The Balaban J connectivity index is 1.33. The van der Waals surface area contributed by atoms with Gasteiger partial charge in [-0.1, -0.05) is 19.1 Å². The monoisotopic (exact) mass is 328 g/mol. The third-order valence-corrected chi connectivity index (χ3v) is 5.13. The lowest BCUT2D eigenvalue weighted by Gasteiger charge is -2.35. The molecule has 128 valence electrons. The number of ether oxygens (including phenoxy) is 1. The number of carbonyl (C=O) groups excluding carboxylic acids is 1.